The van der Waals surface area contributed by atoms with Crippen LogP contribution in [0.15, 0.2) is 29.6 Å². The van der Waals surface area contributed by atoms with Crippen molar-refractivity contribution in [3.8, 4) is 5.75 Å². The Bertz CT molecular complexity index is 662. The molecule has 1 unspecified atom stereocenters. The van der Waals surface area contributed by atoms with Gasteiger partial charge in [0.25, 0.3) is 0 Å². The van der Waals surface area contributed by atoms with Crippen molar-refractivity contribution in [1.29, 1.82) is 0 Å². The Balaban J connectivity index is 1.64. The highest BCUT2D eigenvalue weighted by atomic mass is 35.5. The molecule has 1 aliphatic rings. The van der Waals surface area contributed by atoms with Crippen LogP contribution in [0.1, 0.15) is 12.1 Å². The summed E-state index contributed by atoms with van der Waals surface area (Å²) < 4.78 is 43.5. The first-order valence-electron chi connectivity index (χ1n) is 6.62. The normalized spacial score (nSPS) is 18.7. The smallest absolute Gasteiger partial charge is 0.434 e. The third-order valence-electron chi connectivity index (χ3n) is 3.30. The van der Waals surface area contributed by atoms with E-state index in [9.17, 15) is 13.2 Å². The van der Waals surface area contributed by atoms with Gasteiger partial charge in [0.2, 0.25) is 0 Å². The predicted octanol–water partition coefficient (Wildman–Crippen LogP) is 4.47. The number of aromatic nitrogens is 1. The summed E-state index contributed by atoms with van der Waals surface area (Å²) in [4.78, 5) is 5.48. The Morgan fingerprint density at radius 2 is 2.18 bits per heavy atom. The van der Waals surface area contributed by atoms with Crippen LogP contribution in [0.5, 0.6) is 5.75 Å². The first kappa shape index (κ1) is 15.4. The van der Waals surface area contributed by atoms with E-state index in [1.165, 1.54) is 0 Å². The van der Waals surface area contributed by atoms with E-state index in [4.69, 9.17) is 16.3 Å². The van der Waals surface area contributed by atoms with Crippen LogP contribution < -0.4 is 9.64 Å². The summed E-state index contributed by atoms with van der Waals surface area (Å²) in [6.45, 7) is 1.13. The summed E-state index contributed by atoms with van der Waals surface area (Å²) in [6.07, 6.45) is -3.75. The summed E-state index contributed by atoms with van der Waals surface area (Å²) in [5.74, 6) is 0.662. The van der Waals surface area contributed by atoms with Crippen molar-refractivity contribution in [2.45, 2.75) is 18.7 Å². The molecule has 1 atom stereocenters. The summed E-state index contributed by atoms with van der Waals surface area (Å²) in [7, 11) is 0. The van der Waals surface area contributed by atoms with Gasteiger partial charge in [0.15, 0.2) is 10.8 Å². The molecule has 8 heteroatoms. The molecule has 1 aromatic carbocycles. The van der Waals surface area contributed by atoms with E-state index in [1.54, 1.807) is 24.3 Å². The molecule has 1 fully saturated rings. The van der Waals surface area contributed by atoms with E-state index in [-0.39, 0.29) is 6.10 Å². The minimum absolute atomic E-state index is 0.0864. The number of benzene rings is 1. The lowest BCUT2D eigenvalue weighted by atomic mass is 10.3. The Kier molecular flexibility index (Phi) is 4.18. The zero-order valence-corrected chi connectivity index (χ0v) is 12.9. The third kappa shape index (κ3) is 3.47. The van der Waals surface area contributed by atoms with E-state index in [2.05, 4.69) is 4.98 Å². The van der Waals surface area contributed by atoms with Crippen molar-refractivity contribution >= 4 is 28.1 Å². The van der Waals surface area contributed by atoms with Gasteiger partial charge in [0, 0.05) is 23.4 Å². The molecule has 0 bridgehead atoms. The number of hydrogen-bond acceptors (Lipinski definition) is 4. The van der Waals surface area contributed by atoms with Crippen LogP contribution in [0.25, 0.3) is 0 Å². The maximum atomic E-state index is 12.6. The van der Waals surface area contributed by atoms with Gasteiger partial charge in [-0.05, 0) is 18.2 Å². The van der Waals surface area contributed by atoms with Crippen LogP contribution in [0.4, 0.5) is 18.3 Å². The fourth-order valence-corrected chi connectivity index (χ4v) is 3.32. The first-order valence-corrected chi connectivity index (χ1v) is 7.87. The van der Waals surface area contributed by atoms with Crippen LogP contribution >= 0.6 is 22.9 Å². The average molecular weight is 349 g/mol. The molecular formula is C14H12ClF3N2OS. The largest absolute Gasteiger partial charge is 0.488 e. The fraction of sp³-hybridized carbons (Fsp3) is 0.357. The zero-order valence-electron chi connectivity index (χ0n) is 11.3. The van der Waals surface area contributed by atoms with Crippen LogP contribution in [0, 0.1) is 0 Å². The molecule has 0 N–H and O–H groups in total. The van der Waals surface area contributed by atoms with Gasteiger partial charge in [-0.25, -0.2) is 4.98 Å². The molecular weight excluding hydrogens is 337 g/mol. The zero-order chi connectivity index (χ0) is 15.7. The van der Waals surface area contributed by atoms with Crippen molar-refractivity contribution < 1.29 is 17.9 Å². The molecule has 1 saturated heterocycles. The number of thiazole rings is 1. The summed E-state index contributed by atoms with van der Waals surface area (Å²) >= 11 is 6.90. The van der Waals surface area contributed by atoms with Gasteiger partial charge in [-0.1, -0.05) is 17.7 Å². The molecule has 0 saturated carbocycles. The molecule has 2 heterocycles. The SMILES string of the molecule is FC(F)(F)c1csc(N2CCC(Oc3cccc(Cl)c3)C2)n1. The standard InChI is InChI=1S/C14H12ClF3N2OS/c15-9-2-1-3-10(6-9)21-11-4-5-20(7-11)13-19-12(8-22-13)14(16,17)18/h1-3,6,8,11H,4-5,7H2. The lowest BCUT2D eigenvalue weighted by Crippen LogP contribution is -2.24. The quantitative estimate of drug-likeness (QED) is 0.818. The number of anilines is 1. The maximum Gasteiger partial charge on any atom is 0.434 e. The van der Waals surface area contributed by atoms with Gasteiger partial charge < -0.3 is 9.64 Å². The molecule has 0 aliphatic carbocycles. The van der Waals surface area contributed by atoms with Crippen LogP contribution in [0.3, 0.4) is 0 Å². The van der Waals surface area contributed by atoms with E-state index < -0.39 is 11.9 Å². The van der Waals surface area contributed by atoms with Crippen molar-refractivity contribution in [2.75, 3.05) is 18.0 Å². The molecule has 3 nitrogen and oxygen atoms in total. The molecule has 0 spiro atoms. The highest BCUT2D eigenvalue weighted by Crippen LogP contribution is 2.34. The highest BCUT2D eigenvalue weighted by Gasteiger charge is 2.35. The average Bonchev–Trinajstić information content (AvgIpc) is 3.06. The number of halogens is 4. The molecule has 1 aromatic heterocycles. The number of ether oxygens (including phenoxy) is 1. The van der Waals surface area contributed by atoms with Crippen LogP contribution in [0.2, 0.25) is 5.02 Å². The third-order valence-corrected chi connectivity index (χ3v) is 4.43. The molecule has 1 aliphatic heterocycles. The second-order valence-electron chi connectivity index (χ2n) is 4.95. The predicted molar refractivity (Wildman–Crippen MR) is 79.8 cm³/mol. The van der Waals surface area contributed by atoms with E-state index in [0.29, 0.717) is 29.0 Å². The van der Waals surface area contributed by atoms with Gasteiger partial charge in [-0.2, -0.15) is 13.2 Å². The summed E-state index contributed by atoms with van der Waals surface area (Å²) in [6, 6.07) is 7.07. The number of nitrogens with zero attached hydrogens (tertiary/aromatic N) is 2. The van der Waals surface area contributed by atoms with Crippen molar-refractivity contribution in [1.82, 2.24) is 4.98 Å². The lowest BCUT2D eigenvalue weighted by Gasteiger charge is -2.16. The summed E-state index contributed by atoms with van der Waals surface area (Å²) in [5.41, 5.74) is -0.841. The van der Waals surface area contributed by atoms with Gasteiger partial charge in [-0.15, -0.1) is 11.3 Å². The van der Waals surface area contributed by atoms with Gasteiger partial charge >= 0.3 is 6.18 Å². The second-order valence-corrected chi connectivity index (χ2v) is 6.22. The van der Waals surface area contributed by atoms with Crippen molar-refractivity contribution in [3.63, 3.8) is 0 Å². The Morgan fingerprint density at radius 3 is 2.86 bits per heavy atom. The first-order chi connectivity index (χ1) is 10.4. The van der Waals surface area contributed by atoms with Gasteiger partial charge in [-0.3, -0.25) is 0 Å². The lowest BCUT2D eigenvalue weighted by molar-refractivity contribution is -0.140. The molecule has 0 radical (unpaired) electrons. The molecule has 118 valence electrons. The van der Waals surface area contributed by atoms with Crippen LogP contribution in [-0.2, 0) is 6.18 Å². The highest BCUT2D eigenvalue weighted by molar-refractivity contribution is 7.13. The molecule has 0 amide bonds. The molecule has 22 heavy (non-hydrogen) atoms. The molecule has 2 aromatic rings. The minimum Gasteiger partial charge on any atom is -0.488 e. The van der Waals surface area contributed by atoms with E-state index >= 15 is 0 Å². The van der Waals surface area contributed by atoms with Crippen LogP contribution in [-0.4, -0.2) is 24.2 Å². The molecule has 3 rings (SSSR count). The van der Waals surface area contributed by atoms with E-state index in [1.807, 2.05) is 4.90 Å². The topological polar surface area (TPSA) is 25.4 Å². The Morgan fingerprint density at radius 1 is 1.36 bits per heavy atom. The monoisotopic (exact) mass is 348 g/mol. The summed E-state index contributed by atoms with van der Waals surface area (Å²) in [5, 5.41) is 2.01. The minimum atomic E-state index is -4.40. The van der Waals surface area contributed by atoms with Crippen molar-refractivity contribution in [2.24, 2.45) is 0 Å². The number of alkyl halides is 3. The maximum absolute atomic E-state index is 12.6. The van der Waals surface area contributed by atoms with Gasteiger partial charge in [0.05, 0.1) is 6.54 Å². The Labute approximate surface area is 134 Å². The number of hydrogen-bond donors (Lipinski definition) is 0. The number of rotatable bonds is 3. The van der Waals surface area contributed by atoms with Crippen molar-refractivity contribution in [3.05, 3.63) is 40.4 Å². The Hall–Kier alpha value is -1.47. The van der Waals surface area contributed by atoms with Gasteiger partial charge in [0.1, 0.15) is 11.9 Å². The van der Waals surface area contributed by atoms with E-state index in [0.717, 1.165) is 23.1 Å². The fourth-order valence-electron chi connectivity index (χ4n) is 2.27. The second kappa shape index (κ2) is 5.96.